The Hall–Kier alpha value is -2.50. The van der Waals surface area contributed by atoms with Crippen molar-refractivity contribution in [3.05, 3.63) is 56.2 Å². The molecule has 1 heterocycles. The van der Waals surface area contributed by atoms with Crippen LogP contribution in [0.2, 0.25) is 0 Å². The topological polar surface area (TPSA) is 95.2 Å². The molecule has 0 unspecified atom stereocenters. The van der Waals surface area contributed by atoms with Crippen molar-refractivity contribution < 1.29 is 9.84 Å². The van der Waals surface area contributed by atoms with Crippen molar-refractivity contribution in [3.63, 3.8) is 0 Å². The Labute approximate surface area is 115 Å². The summed E-state index contributed by atoms with van der Waals surface area (Å²) in [5.41, 5.74) is 0.0802. The highest BCUT2D eigenvalue weighted by atomic mass is 16.5. The molecule has 2 rings (SSSR count). The van der Waals surface area contributed by atoms with Crippen LogP contribution in [0.5, 0.6) is 11.6 Å². The maximum atomic E-state index is 11.5. The molecule has 0 aliphatic heterocycles. The van der Waals surface area contributed by atoms with E-state index in [0.29, 0.717) is 12.8 Å². The largest absolute Gasteiger partial charge is 0.497 e. The first-order chi connectivity index (χ1) is 9.60. The van der Waals surface area contributed by atoms with Crippen molar-refractivity contribution >= 4 is 0 Å². The van der Waals surface area contributed by atoms with Crippen LogP contribution in [0.3, 0.4) is 0 Å². The quantitative estimate of drug-likeness (QED) is 0.757. The lowest BCUT2D eigenvalue weighted by Gasteiger charge is -2.04. The van der Waals surface area contributed by atoms with Crippen LogP contribution in [-0.4, -0.2) is 22.2 Å². The molecule has 0 aliphatic rings. The molecule has 106 valence electrons. The third kappa shape index (κ3) is 3.28. The van der Waals surface area contributed by atoms with E-state index < -0.39 is 11.2 Å². The van der Waals surface area contributed by atoms with E-state index in [9.17, 15) is 14.7 Å². The summed E-state index contributed by atoms with van der Waals surface area (Å²) in [6.07, 6.45) is 1.85. The van der Waals surface area contributed by atoms with Crippen LogP contribution in [0, 0.1) is 0 Å². The molecule has 6 heteroatoms. The monoisotopic (exact) mass is 276 g/mol. The molecule has 3 N–H and O–H groups in total. The van der Waals surface area contributed by atoms with Gasteiger partial charge in [-0.3, -0.25) is 14.8 Å². The van der Waals surface area contributed by atoms with E-state index in [1.54, 1.807) is 7.11 Å². The maximum Gasteiger partial charge on any atom is 0.328 e. The van der Waals surface area contributed by atoms with Gasteiger partial charge < -0.3 is 9.84 Å². The van der Waals surface area contributed by atoms with Crippen LogP contribution >= 0.6 is 0 Å². The van der Waals surface area contributed by atoms with Crippen molar-refractivity contribution in [2.24, 2.45) is 0 Å². The molecule has 1 aromatic carbocycles. The van der Waals surface area contributed by atoms with E-state index in [0.717, 1.165) is 17.7 Å². The molecule has 20 heavy (non-hydrogen) atoms. The zero-order chi connectivity index (χ0) is 14.5. The van der Waals surface area contributed by atoms with E-state index in [4.69, 9.17) is 4.74 Å². The average molecular weight is 276 g/mol. The highest BCUT2D eigenvalue weighted by Crippen LogP contribution is 2.14. The molecule has 1 aromatic heterocycles. The van der Waals surface area contributed by atoms with Gasteiger partial charge in [-0.25, -0.2) is 4.79 Å². The summed E-state index contributed by atoms with van der Waals surface area (Å²) in [6, 6.07) is 7.66. The maximum absolute atomic E-state index is 11.5. The van der Waals surface area contributed by atoms with E-state index in [2.05, 4.69) is 9.97 Å². The molecule has 2 aromatic rings. The molecule has 0 radical (unpaired) electrons. The number of methoxy groups -OCH3 is 1. The van der Waals surface area contributed by atoms with E-state index in [-0.39, 0.29) is 11.4 Å². The van der Waals surface area contributed by atoms with E-state index in [1.807, 2.05) is 24.3 Å². The summed E-state index contributed by atoms with van der Waals surface area (Å²) < 4.78 is 5.07. The second-order valence-corrected chi connectivity index (χ2v) is 4.44. The highest BCUT2D eigenvalue weighted by molar-refractivity contribution is 5.27. The van der Waals surface area contributed by atoms with Gasteiger partial charge in [0.1, 0.15) is 5.75 Å². The van der Waals surface area contributed by atoms with E-state index >= 15 is 0 Å². The minimum Gasteiger partial charge on any atom is -0.497 e. The third-order valence-corrected chi connectivity index (χ3v) is 3.07. The summed E-state index contributed by atoms with van der Waals surface area (Å²) in [4.78, 5) is 26.7. The van der Waals surface area contributed by atoms with E-state index in [1.165, 1.54) is 0 Å². The number of benzene rings is 1. The number of hydrogen-bond acceptors (Lipinski definition) is 4. The number of aryl methyl sites for hydroxylation is 1. The summed E-state index contributed by atoms with van der Waals surface area (Å²) >= 11 is 0. The lowest BCUT2D eigenvalue weighted by atomic mass is 10.1. The zero-order valence-corrected chi connectivity index (χ0v) is 11.1. The normalized spacial score (nSPS) is 10.4. The van der Waals surface area contributed by atoms with Crippen molar-refractivity contribution in [1.82, 2.24) is 9.97 Å². The Morgan fingerprint density at radius 3 is 2.40 bits per heavy atom. The SMILES string of the molecule is COc1ccc(CCCc2c(O)[nH]c(=O)[nH]c2=O)cc1. The van der Waals surface area contributed by atoms with Crippen LogP contribution in [0.25, 0.3) is 0 Å². The number of nitrogens with one attached hydrogen (secondary N) is 2. The lowest BCUT2D eigenvalue weighted by Crippen LogP contribution is -2.25. The Morgan fingerprint density at radius 1 is 1.10 bits per heavy atom. The fourth-order valence-corrected chi connectivity index (χ4v) is 1.99. The Kier molecular flexibility index (Phi) is 4.24. The van der Waals surface area contributed by atoms with Crippen LogP contribution in [0.4, 0.5) is 0 Å². The fourth-order valence-electron chi connectivity index (χ4n) is 1.99. The first-order valence-corrected chi connectivity index (χ1v) is 6.27. The number of aromatic amines is 2. The summed E-state index contributed by atoms with van der Waals surface area (Å²) in [6.45, 7) is 0. The van der Waals surface area contributed by atoms with Crippen LogP contribution < -0.4 is 16.0 Å². The zero-order valence-electron chi connectivity index (χ0n) is 11.1. The average Bonchev–Trinajstić information content (AvgIpc) is 2.42. The molecule has 0 fully saturated rings. The van der Waals surface area contributed by atoms with Crippen LogP contribution in [0.1, 0.15) is 17.5 Å². The van der Waals surface area contributed by atoms with Gasteiger partial charge in [0, 0.05) is 0 Å². The number of hydrogen-bond donors (Lipinski definition) is 3. The first-order valence-electron chi connectivity index (χ1n) is 6.27. The summed E-state index contributed by atoms with van der Waals surface area (Å²) in [7, 11) is 1.61. The molecule has 0 aliphatic carbocycles. The molecule has 0 saturated carbocycles. The van der Waals surface area contributed by atoms with Crippen molar-refractivity contribution in [3.8, 4) is 11.6 Å². The first kappa shape index (κ1) is 13.9. The van der Waals surface area contributed by atoms with Gasteiger partial charge in [-0.05, 0) is 37.0 Å². The number of aromatic nitrogens is 2. The van der Waals surface area contributed by atoms with Gasteiger partial charge in [-0.15, -0.1) is 0 Å². The Balaban J connectivity index is 1.99. The van der Waals surface area contributed by atoms with Crippen molar-refractivity contribution in [2.45, 2.75) is 19.3 Å². The predicted octanol–water partition coefficient (Wildman–Crippen LogP) is 0.953. The molecule has 0 amide bonds. The predicted molar refractivity (Wildman–Crippen MR) is 74.4 cm³/mol. The standard InChI is InChI=1S/C14H16N2O4/c1-20-10-7-5-9(6-8-10)3-2-4-11-12(17)15-14(19)16-13(11)18/h5-8H,2-4H2,1H3,(H3,15,16,17,18,19). The summed E-state index contributed by atoms with van der Waals surface area (Å²) in [5, 5.41) is 9.55. The number of H-pyrrole nitrogens is 2. The van der Waals surface area contributed by atoms with Crippen molar-refractivity contribution in [1.29, 1.82) is 0 Å². The fraction of sp³-hybridized carbons (Fsp3) is 0.286. The molecule has 0 bridgehead atoms. The van der Waals surface area contributed by atoms with Gasteiger partial charge in [0.15, 0.2) is 0 Å². The number of ether oxygens (including phenoxy) is 1. The molecule has 0 spiro atoms. The Bertz CT molecular complexity index is 686. The Morgan fingerprint density at radius 2 is 1.80 bits per heavy atom. The minimum atomic E-state index is -0.702. The molecule has 6 nitrogen and oxygen atoms in total. The molecule has 0 atom stereocenters. The van der Waals surface area contributed by atoms with Gasteiger partial charge >= 0.3 is 5.69 Å². The van der Waals surface area contributed by atoms with Crippen molar-refractivity contribution in [2.75, 3.05) is 7.11 Å². The molecule has 0 saturated heterocycles. The van der Waals surface area contributed by atoms with Gasteiger partial charge in [0.25, 0.3) is 5.56 Å². The smallest absolute Gasteiger partial charge is 0.328 e. The van der Waals surface area contributed by atoms with Gasteiger partial charge in [-0.2, -0.15) is 0 Å². The lowest BCUT2D eigenvalue weighted by molar-refractivity contribution is 0.414. The van der Waals surface area contributed by atoms with Crippen LogP contribution in [0.15, 0.2) is 33.9 Å². The second kappa shape index (κ2) is 6.10. The van der Waals surface area contributed by atoms with Crippen LogP contribution in [-0.2, 0) is 12.8 Å². The number of aromatic hydroxyl groups is 1. The number of rotatable bonds is 5. The molecular formula is C14H16N2O4. The van der Waals surface area contributed by atoms with Gasteiger partial charge in [-0.1, -0.05) is 12.1 Å². The molecular weight excluding hydrogens is 260 g/mol. The summed E-state index contributed by atoms with van der Waals surface area (Å²) in [5.74, 6) is 0.442. The highest BCUT2D eigenvalue weighted by Gasteiger charge is 2.08. The minimum absolute atomic E-state index is 0.207. The second-order valence-electron chi connectivity index (χ2n) is 4.44. The third-order valence-electron chi connectivity index (χ3n) is 3.07. The van der Waals surface area contributed by atoms with Gasteiger partial charge in [0.2, 0.25) is 5.88 Å². The van der Waals surface area contributed by atoms with Gasteiger partial charge in [0.05, 0.1) is 12.7 Å².